The summed E-state index contributed by atoms with van der Waals surface area (Å²) in [5.41, 5.74) is 2.91. The van der Waals surface area contributed by atoms with Gasteiger partial charge in [0.05, 0.1) is 37.3 Å². The Balaban J connectivity index is 1.29. The standard InChI is InChI=1S/C51H32N4S/c1-3-14-33(15-4-1)35-18-13-19-38(30-35)50-52-49(34-16-5-2-6-17-34)53-51(54-50)43-29-27-36(37-26-28-42-41-22-9-12-25-47(41)56-48(42)32-37)31-46(43)55-44-23-10-7-20-39(44)40-21-8-11-24-45(40)55/h1-32H/i7D,8D,9D,10D,11D,12D,20D,21D,22D,23D,24D,25D,26D,28D,32D. The Morgan fingerprint density at radius 2 is 0.982 bits per heavy atom. The number of nitrogens with zero attached hydrogens (tertiary/aromatic N) is 4. The molecule has 0 amide bonds. The van der Waals surface area contributed by atoms with Crippen LogP contribution in [0, 0.1) is 0 Å². The molecule has 0 spiro atoms. The predicted molar refractivity (Wildman–Crippen MR) is 234 cm³/mol. The third-order valence-corrected chi connectivity index (χ3v) is 10.6. The van der Waals surface area contributed by atoms with Crippen molar-refractivity contribution >= 4 is 53.3 Å². The zero-order chi connectivity index (χ0) is 50.1. The van der Waals surface area contributed by atoms with Crippen molar-refractivity contribution in [2.45, 2.75) is 0 Å². The molecule has 3 aromatic heterocycles. The van der Waals surface area contributed by atoms with E-state index in [4.69, 9.17) is 28.7 Å². The van der Waals surface area contributed by atoms with E-state index in [-0.39, 0.29) is 93.9 Å². The third kappa shape index (κ3) is 5.48. The minimum absolute atomic E-state index is 0.0180. The zero-order valence-electron chi connectivity index (χ0n) is 44.0. The van der Waals surface area contributed by atoms with Crippen LogP contribution in [0.4, 0.5) is 0 Å². The Morgan fingerprint density at radius 1 is 0.411 bits per heavy atom. The van der Waals surface area contributed by atoms with Crippen LogP contribution in [0.1, 0.15) is 20.6 Å². The second-order valence-corrected chi connectivity index (χ2v) is 13.9. The smallest absolute Gasteiger partial charge is 0.166 e. The molecule has 56 heavy (non-hydrogen) atoms. The first-order valence-corrected chi connectivity index (χ1v) is 18.4. The summed E-state index contributed by atoms with van der Waals surface area (Å²) in [6, 6.07) is 23.5. The Morgan fingerprint density at radius 3 is 1.73 bits per heavy atom. The summed E-state index contributed by atoms with van der Waals surface area (Å²) >= 11 is 0.899. The van der Waals surface area contributed by atoms with Crippen LogP contribution in [-0.4, -0.2) is 19.5 Å². The lowest BCUT2D eigenvalue weighted by atomic mass is 10.00. The molecule has 3 heterocycles. The fourth-order valence-corrected chi connectivity index (χ4v) is 7.94. The molecule has 0 aliphatic heterocycles. The van der Waals surface area contributed by atoms with Gasteiger partial charge in [-0.25, -0.2) is 15.0 Å². The van der Waals surface area contributed by atoms with Gasteiger partial charge in [0.15, 0.2) is 17.5 Å². The van der Waals surface area contributed by atoms with Gasteiger partial charge in [-0.3, -0.25) is 0 Å². The molecule has 0 atom stereocenters. The second kappa shape index (κ2) is 13.3. The number of aromatic nitrogens is 4. The summed E-state index contributed by atoms with van der Waals surface area (Å²) in [6.45, 7) is 0. The highest BCUT2D eigenvalue weighted by molar-refractivity contribution is 7.25. The maximum absolute atomic E-state index is 9.62. The van der Waals surface area contributed by atoms with Crippen molar-refractivity contribution in [3.8, 4) is 62.1 Å². The molecule has 5 heteroatoms. The van der Waals surface area contributed by atoms with E-state index >= 15 is 0 Å². The van der Waals surface area contributed by atoms with E-state index < -0.39 is 78.6 Å². The highest BCUT2D eigenvalue weighted by Crippen LogP contribution is 2.40. The maximum atomic E-state index is 9.62. The van der Waals surface area contributed by atoms with Crippen LogP contribution in [0.2, 0.25) is 0 Å². The summed E-state index contributed by atoms with van der Waals surface area (Å²) in [6.07, 6.45) is 0. The van der Waals surface area contributed by atoms with Crippen LogP contribution in [-0.2, 0) is 0 Å². The molecule has 0 radical (unpaired) electrons. The fourth-order valence-electron chi connectivity index (χ4n) is 6.97. The quantitative estimate of drug-likeness (QED) is 0.170. The van der Waals surface area contributed by atoms with Crippen LogP contribution in [0.3, 0.4) is 0 Å². The molecule has 4 nitrogen and oxygen atoms in total. The fraction of sp³-hybridized carbons (Fsp3) is 0. The molecule has 0 fully saturated rings. The van der Waals surface area contributed by atoms with Crippen molar-refractivity contribution in [2.24, 2.45) is 0 Å². The van der Waals surface area contributed by atoms with E-state index in [1.54, 1.807) is 12.1 Å². The van der Waals surface area contributed by atoms with Crippen molar-refractivity contribution in [1.82, 2.24) is 19.5 Å². The number of para-hydroxylation sites is 2. The molecule has 0 saturated heterocycles. The molecule has 0 unspecified atom stereocenters. The summed E-state index contributed by atoms with van der Waals surface area (Å²) in [5.74, 6) is 0.540. The van der Waals surface area contributed by atoms with E-state index in [9.17, 15) is 6.85 Å². The molecule has 0 N–H and O–H groups in total. The Bertz CT molecular complexity index is 4050. The summed E-state index contributed by atoms with van der Waals surface area (Å²) in [7, 11) is 0. The number of benzene rings is 8. The highest BCUT2D eigenvalue weighted by atomic mass is 32.1. The average molecular weight is 748 g/mol. The predicted octanol–water partition coefficient (Wildman–Crippen LogP) is 13.7. The van der Waals surface area contributed by atoms with E-state index in [1.165, 1.54) is 10.6 Å². The minimum atomic E-state index is -0.642. The van der Waals surface area contributed by atoms with Gasteiger partial charge in [-0.2, -0.15) is 0 Å². The number of rotatable bonds is 6. The van der Waals surface area contributed by atoms with Gasteiger partial charge in [0.2, 0.25) is 0 Å². The van der Waals surface area contributed by atoms with Crippen LogP contribution in [0.15, 0.2) is 194 Å². The van der Waals surface area contributed by atoms with Gasteiger partial charge in [0.25, 0.3) is 0 Å². The molecule has 0 aliphatic rings. The number of fused-ring (bicyclic) bond motifs is 6. The largest absolute Gasteiger partial charge is 0.308 e. The van der Waals surface area contributed by atoms with Gasteiger partial charge in [-0.05, 0) is 64.6 Å². The molecule has 11 rings (SSSR count). The zero-order valence-corrected chi connectivity index (χ0v) is 29.8. The average Bonchev–Trinajstić information content (AvgIpc) is 3.98. The Hall–Kier alpha value is -7.21. The minimum Gasteiger partial charge on any atom is -0.308 e. The molecule has 8 aromatic carbocycles. The monoisotopic (exact) mass is 747 g/mol. The molecule has 262 valence electrons. The van der Waals surface area contributed by atoms with Crippen molar-refractivity contribution in [3.63, 3.8) is 0 Å². The molecule has 0 bridgehead atoms. The van der Waals surface area contributed by atoms with E-state index in [0.29, 0.717) is 11.1 Å². The Labute approximate surface area is 348 Å². The van der Waals surface area contributed by atoms with Gasteiger partial charge >= 0.3 is 0 Å². The van der Waals surface area contributed by atoms with Crippen molar-refractivity contribution in [2.75, 3.05) is 0 Å². The SMILES string of the molecule is [2H]c1c([2H])c([2H])c2c(sc3c([2H])c(-c4ccc(-c5nc(-c6ccccc6)nc(-c6cccc(-c7ccccc7)c6)n5)c(-n5c6c([2H])c([2H])c([2H])c([2H])c6c6c([2H])c([2H])c([2H])c([2H])c65)c4)c([2H])c([2H])c32)c1[2H]. The van der Waals surface area contributed by atoms with Gasteiger partial charge in [-0.1, -0.05) is 151 Å². The van der Waals surface area contributed by atoms with Crippen LogP contribution in [0.5, 0.6) is 0 Å². The van der Waals surface area contributed by atoms with Crippen molar-refractivity contribution in [3.05, 3.63) is 194 Å². The molecular formula is C51H32N4S. The lowest BCUT2D eigenvalue weighted by Crippen LogP contribution is -2.04. The van der Waals surface area contributed by atoms with E-state index in [2.05, 4.69) is 0 Å². The van der Waals surface area contributed by atoms with Crippen LogP contribution < -0.4 is 0 Å². The number of thiophene rings is 1. The summed E-state index contributed by atoms with van der Waals surface area (Å²) in [4.78, 5) is 15.0. The second-order valence-electron chi connectivity index (χ2n) is 12.9. The van der Waals surface area contributed by atoms with Crippen molar-refractivity contribution in [1.29, 1.82) is 0 Å². The first-order valence-electron chi connectivity index (χ1n) is 25.1. The highest BCUT2D eigenvalue weighted by Gasteiger charge is 2.21. The van der Waals surface area contributed by atoms with Gasteiger partial charge in [0.1, 0.15) is 0 Å². The van der Waals surface area contributed by atoms with Crippen LogP contribution >= 0.6 is 11.3 Å². The molecule has 0 aliphatic carbocycles. The van der Waals surface area contributed by atoms with E-state index in [1.807, 2.05) is 84.9 Å². The number of hydrogen-bond acceptors (Lipinski definition) is 4. The first-order chi connectivity index (χ1) is 34.0. The molecular weight excluding hydrogens is 701 g/mol. The van der Waals surface area contributed by atoms with Crippen molar-refractivity contribution < 1.29 is 20.6 Å². The molecule has 0 saturated carbocycles. The summed E-state index contributed by atoms with van der Waals surface area (Å²) < 4.78 is 136. The maximum Gasteiger partial charge on any atom is 0.166 e. The van der Waals surface area contributed by atoms with E-state index in [0.717, 1.165) is 22.5 Å². The third-order valence-electron chi connectivity index (χ3n) is 9.58. The lowest BCUT2D eigenvalue weighted by molar-refractivity contribution is 1.06. The first kappa shape index (κ1) is 20.5. The van der Waals surface area contributed by atoms with Gasteiger partial charge in [0, 0.05) is 47.6 Å². The Kier molecular flexibility index (Phi) is 4.85. The normalized spacial score (nSPS) is 15.3. The van der Waals surface area contributed by atoms with Crippen LogP contribution in [0.25, 0.3) is 104 Å². The lowest BCUT2D eigenvalue weighted by Gasteiger charge is -2.16. The van der Waals surface area contributed by atoms with Gasteiger partial charge < -0.3 is 4.57 Å². The molecule has 11 aromatic rings. The topological polar surface area (TPSA) is 43.6 Å². The van der Waals surface area contributed by atoms with Gasteiger partial charge in [-0.15, -0.1) is 11.3 Å². The summed E-state index contributed by atoms with van der Waals surface area (Å²) in [5, 5.41) is -0.329. The number of hydrogen-bond donors (Lipinski definition) is 0.